The van der Waals surface area contributed by atoms with Gasteiger partial charge in [-0.3, -0.25) is 0 Å². The largest absolute Gasteiger partial charge is 0.438 e. The van der Waals surface area contributed by atoms with Gasteiger partial charge in [-0.05, 0) is 31.0 Å². The van der Waals surface area contributed by atoms with Crippen molar-refractivity contribution in [1.82, 2.24) is 9.97 Å². The lowest BCUT2D eigenvalue weighted by Gasteiger charge is -2.10. The Morgan fingerprint density at radius 2 is 1.94 bits per heavy atom. The monoisotopic (exact) mass is 244 g/mol. The van der Waals surface area contributed by atoms with E-state index >= 15 is 0 Å². The maximum Gasteiger partial charge on any atom is 0.226 e. The Kier molecular flexibility index (Phi) is 3.32. The first-order valence-corrected chi connectivity index (χ1v) is 5.66. The summed E-state index contributed by atoms with van der Waals surface area (Å²) >= 11 is 0. The zero-order chi connectivity index (χ0) is 13.1. The number of nitrogens with two attached hydrogens (primary N) is 1. The number of rotatable bonds is 3. The lowest BCUT2D eigenvalue weighted by atomic mass is 10.1. The summed E-state index contributed by atoms with van der Waals surface area (Å²) in [6, 6.07) is 7.72. The minimum atomic E-state index is 0.183. The molecule has 3 N–H and O–H groups in total. The Morgan fingerprint density at radius 3 is 2.67 bits per heavy atom. The van der Waals surface area contributed by atoms with E-state index in [4.69, 9.17) is 10.5 Å². The van der Waals surface area contributed by atoms with E-state index in [0.29, 0.717) is 11.7 Å². The fourth-order valence-electron chi connectivity index (χ4n) is 1.55. The molecule has 0 spiro atoms. The highest BCUT2D eigenvalue weighted by molar-refractivity contribution is 5.45. The molecular weight excluding hydrogens is 228 g/mol. The highest BCUT2D eigenvalue weighted by Gasteiger charge is 2.06. The van der Waals surface area contributed by atoms with E-state index in [0.717, 1.165) is 16.9 Å². The molecule has 0 aliphatic carbocycles. The number of aromatic nitrogens is 2. The van der Waals surface area contributed by atoms with Gasteiger partial charge in [0, 0.05) is 13.1 Å². The van der Waals surface area contributed by atoms with Crippen molar-refractivity contribution < 1.29 is 4.74 Å². The molecule has 0 radical (unpaired) electrons. The van der Waals surface area contributed by atoms with Crippen LogP contribution in [0.1, 0.15) is 11.1 Å². The molecule has 94 valence electrons. The Hall–Kier alpha value is -2.30. The maximum atomic E-state index is 5.74. The molecule has 1 aromatic heterocycles. The van der Waals surface area contributed by atoms with Crippen LogP contribution in [-0.4, -0.2) is 17.0 Å². The van der Waals surface area contributed by atoms with Gasteiger partial charge in [0.2, 0.25) is 11.8 Å². The van der Waals surface area contributed by atoms with Gasteiger partial charge in [0.15, 0.2) is 0 Å². The highest BCUT2D eigenvalue weighted by atomic mass is 16.5. The summed E-state index contributed by atoms with van der Waals surface area (Å²) in [5.74, 6) is 2.01. The van der Waals surface area contributed by atoms with E-state index in [-0.39, 0.29) is 5.95 Å². The molecule has 0 aliphatic heterocycles. The van der Waals surface area contributed by atoms with Gasteiger partial charge in [-0.25, -0.2) is 0 Å². The molecule has 2 rings (SSSR count). The smallest absolute Gasteiger partial charge is 0.226 e. The molecular formula is C13H16N4O. The van der Waals surface area contributed by atoms with Crippen LogP contribution in [0.3, 0.4) is 0 Å². The van der Waals surface area contributed by atoms with E-state index in [2.05, 4.69) is 15.3 Å². The molecule has 0 bridgehead atoms. The van der Waals surface area contributed by atoms with Gasteiger partial charge in [-0.2, -0.15) is 9.97 Å². The molecule has 5 nitrogen and oxygen atoms in total. The number of anilines is 2. The third-order valence-electron chi connectivity index (χ3n) is 2.53. The van der Waals surface area contributed by atoms with E-state index < -0.39 is 0 Å². The Balaban J connectivity index is 2.33. The summed E-state index contributed by atoms with van der Waals surface area (Å²) in [4.78, 5) is 8.06. The topological polar surface area (TPSA) is 73.1 Å². The predicted molar refractivity (Wildman–Crippen MR) is 72.0 cm³/mol. The van der Waals surface area contributed by atoms with Crippen molar-refractivity contribution in [3.05, 3.63) is 35.4 Å². The standard InChI is InChI=1S/C13H16N4O/c1-8-4-5-9(2)10(6-8)18-12-7-11(15-3)16-13(14)17-12/h4-7H,1-3H3,(H3,14,15,16,17). The summed E-state index contributed by atoms with van der Waals surface area (Å²) < 4.78 is 5.74. The third kappa shape index (κ3) is 2.68. The van der Waals surface area contributed by atoms with Crippen molar-refractivity contribution in [1.29, 1.82) is 0 Å². The second-order valence-electron chi connectivity index (χ2n) is 4.07. The van der Waals surface area contributed by atoms with Crippen LogP contribution in [0.4, 0.5) is 11.8 Å². The minimum Gasteiger partial charge on any atom is -0.438 e. The van der Waals surface area contributed by atoms with Gasteiger partial charge in [-0.15, -0.1) is 0 Å². The number of benzene rings is 1. The highest BCUT2D eigenvalue weighted by Crippen LogP contribution is 2.26. The lowest BCUT2D eigenvalue weighted by molar-refractivity contribution is 0.459. The molecule has 0 fully saturated rings. The molecule has 0 unspecified atom stereocenters. The fraction of sp³-hybridized carbons (Fsp3) is 0.231. The normalized spacial score (nSPS) is 10.2. The number of ether oxygens (including phenoxy) is 1. The molecule has 0 aliphatic rings. The van der Waals surface area contributed by atoms with Crippen molar-refractivity contribution in [3.63, 3.8) is 0 Å². The van der Waals surface area contributed by atoms with Crippen molar-refractivity contribution in [2.45, 2.75) is 13.8 Å². The molecule has 0 saturated carbocycles. The van der Waals surface area contributed by atoms with Gasteiger partial charge >= 0.3 is 0 Å². The van der Waals surface area contributed by atoms with Crippen LogP contribution in [0.25, 0.3) is 0 Å². The molecule has 0 saturated heterocycles. The second-order valence-corrected chi connectivity index (χ2v) is 4.07. The first-order chi connectivity index (χ1) is 8.58. The quantitative estimate of drug-likeness (QED) is 0.867. The van der Waals surface area contributed by atoms with Crippen molar-refractivity contribution in [3.8, 4) is 11.6 Å². The van der Waals surface area contributed by atoms with Gasteiger partial charge in [0.05, 0.1) is 0 Å². The van der Waals surface area contributed by atoms with Crippen LogP contribution in [0, 0.1) is 13.8 Å². The molecule has 0 amide bonds. The van der Waals surface area contributed by atoms with E-state index in [1.54, 1.807) is 13.1 Å². The predicted octanol–water partition coefficient (Wildman–Crippen LogP) is 2.51. The average Bonchev–Trinajstić information content (AvgIpc) is 2.33. The molecule has 1 aromatic carbocycles. The Labute approximate surface area is 106 Å². The number of aryl methyl sites for hydroxylation is 2. The first kappa shape index (κ1) is 12.2. The van der Waals surface area contributed by atoms with E-state index in [1.807, 2.05) is 32.0 Å². The van der Waals surface area contributed by atoms with E-state index in [1.165, 1.54) is 0 Å². The molecule has 1 heterocycles. The van der Waals surface area contributed by atoms with Gasteiger partial charge in [0.1, 0.15) is 11.6 Å². The number of nitrogen functional groups attached to an aromatic ring is 1. The number of nitrogens with zero attached hydrogens (tertiary/aromatic N) is 2. The van der Waals surface area contributed by atoms with Crippen molar-refractivity contribution in [2.24, 2.45) is 0 Å². The van der Waals surface area contributed by atoms with Gasteiger partial charge in [0.25, 0.3) is 0 Å². The van der Waals surface area contributed by atoms with Crippen LogP contribution < -0.4 is 15.8 Å². The van der Waals surface area contributed by atoms with Crippen LogP contribution in [0.5, 0.6) is 11.6 Å². The lowest BCUT2D eigenvalue weighted by Crippen LogP contribution is -2.01. The minimum absolute atomic E-state index is 0.183. The SMILES string of the molecule is CNc1cc(Oc2cc(C)ccc2C)nc(N)n1. The Morgan fingerprint density at radius 1 is 1.17 bits per heavy atom. The van der Waals surface area contributed by atoms with Crippen LogP contribution in [0.15, 0.2) is 24.3 Å². The number of hydrogen-bond acceptors (Lipinski definition) is 5. The molecule has 18 heavy (non-hydrogen) atoms. The Bertz CT molecular complexity index is 569. The summed E-state index contributed by atoms with van der Waals surface area (Å²) in [5.41, 5.74) is 7.79. The third-order valence-corrected chi connectivity index (χ3v) is 2.53. The fourth-order valence-corrected chi connectivity index (χ4v) is 1.55. The molecule has 0 atom stereocenters. The van der Waals surface area contributed by atoms with E-state index in [9.17, 15) is 0 Å². The first-order valence-electron chi connectivity index (χ1n) is 5.66. The average molecular weight is 244 g/mol. The van der Waals surface area contributed by atoms with Gasteiger partial charge in [-0.1, -0.05) is 12.1 Å². The molecule has 5 heteroatoms. The van der Waals surface area contributed by atoms with Crippen LogP contribution >= 0.6 is 0 Å². The van der Waals surface area contributed by atoms with Crippen LogP contribution in [0.2, 0.25) is 0 Å². The zero-order valence-corrected chi connectivity index (χ0v) is 10.7. The number of hydrogen-bond donors (Lipinski definition) is 2. The zero-order valence-electron chi connectivity index (χ0n) is 10.7. The summed E-state index contributed by atoms with van der Waals surface area (Å²) in [7, 11) is 1.77. The summed E-state index contributed by atoms with van der Waals surface area (Å²) in [6.45, 7) is 4.00. The van der Waals surface area contributed by atoms with Crippen LogP contribution in [-0.2, 0) is 0 Å². The number of nitrogens with one attached hydrogen (secondary N) is 1. The molecule has 2 aromatic rings. The maximum absolute atomic E-state index is 5.74. The van der Waals surface area contributed by atoms with Crippen molar-refractivity contribution in [2.75, 3.05) is 18.1 Å². The summed E-state index contributed by atoms with van der Waals surface area (Å²) in [6.07, 6.45) is 0. The van der Waals surface area contributed by atoms with Gasteiger partial charge < -0.3 is 15.8 Å². The second kappa shape index (κ2) is 4.91. The van der Waals surface area contributed by atoms with Crippen molar-refractivity contribution >= 4 is 11.8 Å². The summed E-state index contributed by atoms with van der Waals surface area (Å²) in [5, 5.41) is 2.91.